The van der Waals surface area contributed by atoms with Gasteiger partial charge in [0.05, 0.1) is 40.1 Å². The summed E-state index contributed by atoms with van der Waals surface area (Å²) >= 11 is 3.02. The number of hydrogen-bond donors (Lipinski definition) is 3. The van der Waals surface area contributed by atoms with Gasteiger partial charge >= 0.3 is 0 Å². The SMILES string of the molecule is Cc1c2nc(NCC(=O)N3CCCCC3)sc2cc2sc(NCC(=O)N3CCNC(=O)C3)nc12. The summed E-state index contributed by atoms with van der Waals surface area (Å²) in [5.41, 5.74) is 2.70. The molecule has 3 aromatic rings. The predicted molar refractivity (Wildman–Crippen MR) is 135 cm³/mol. The summed E-state index contributed by atoms with van der Waals surface area (Å²) in [6.07, 6.45) is 3.36. The van der Waals surface area contributed by atoms with E-state index in [1.807, 2.05) is 11.8 Å². The van der Waals surface area contributed by atoms with Crippen LogP contribution < -0.4 is 16.0 Å². The zero-order valence-corrected chi connectivity index (χ0v) is 20.6. The number of amides is 3. The molecule has 2 fully saturated rings. The number of likely N-dealkylation sites (tertiary alicyclic amines) is 1. The number of benzene rings is 1. The summed E-state index contributed by atoms with van der Waals surface area (Å²) in [4.78, 5) is 49.2. The van der Waals surface area contributed by atoms with Gasteiger partial charge in [-0.15, -0.1) is 0 Å². The lowest BCUT2D eigenvalue weighted by molar-refractivity contribution is -0.136. The molecule has 5 rings (SSSR count). The molecule has 0 spiro atoms. The molecule has 3 amide bonds. The Bertz CT molecular complexity index is 1250. The molecule has 180 valence electrons. The summed E-state index contributed by atoms with van der Waals surface area (Å²) in [5.74, 6) is -0.135. The minimum atomic E-state index is -0.132. The van der Waals surface area contributed by atoms with Crippen LogP contribution in [0.2, 0.25) is 0 Å². The summed E-state index contributed by atoms with van der Waals surface area (Å²) in [7, 11) is 0. The van der Waals surface area contributed by atoms with Crippen LogP contribution >= 0.6 is 22.7 Å². The molecule has 0 atom stereocenters. The topological polar surface area (TPSA) is 120 Å². The Morgan fingerprint density at radius 1 is 0.941 bits per heavy atom. The Morgan fingerprint density at radius 2 is 1.53 bits per heavy atom. The van der Waals surface area contributed by atoms with Gasteiger partial charge in [-0.1, -0.05) is 22.7 Å². The lowest BCUT2D eigenvalue weighted by Gasteiger charge is -2.26. The molecule has 0 aliphatic carbocycles. The molecule has 2 aliphatic heterocycles. The fraction of sp³-hybridized carbons (Fsp3) is 0.500. The van der Waals surface area contributed by atoms with E-state index in [1.54, 1.807) is 4.90 Å². The second-order valence-electron chi connectivity index (χ2n) is 8.55. The maximum absolute atomic E-state index is 12.4. The number of aryl methyl sites for hydroxylation is 1. The summed E-state index contributed by atoms with van der Waals surface area (Å²) < 4.78 is 2.04. The van der Waals surface area contributed by atoms with Crippen molar-refractivity contribution in [2.75, 3.05) is 56.4 Å². The number of piperidine rings is 1. The molecule has 34 heavy (non-hydrogen) atoms. The molecule has 3 N–H and O–H groups in total. The quantitative estimate of drug-likeness (QED) is 0.473. The van der Waals surface area contributed by atoms with E-state index in [9.17, 15) is 14.4 Å². The Morgan fingerprint density at radius 3 is 2.12 bits per heavy atom. The minimum absolute atomic E-state index is 0.0951. The summed E-state index contributed by atoms with van der Waals surface area (Å²) in [5, 5.41) is 10.4. The van der Waals surface area contributed by atoms with E-state index in [0.29, 0.717) is 18.2 Å². The van der Waals surface area contributed by atoms with Gasteiger partial charge in [0.1, 0.15) is 0 Å². The summed E-state index contributed by atoms with van der Waals surface area (Å²) in [6, 6.07) is 2.06. The fourth-order valence-electron chi connectivity index (χ4n) is 4.30. The average molecular weight is 502 g/mol. The van der Waals surface area contributed by atoms with Gasteiger partial charge in [0.2, 0.25) is 17.7 Å². The van der Waals surface area contributed by atoms with Crippen LogP contribution in [-0.4, -0.2) is 83.3 Å². The normalized spacial score (nSPS) is 16.7. The van der Waals surface area contributed by atoms with E-state index >= 15 is 0 Å². The van der Waals surface area contributed by atoms with Gasteiger partial charge in [-0.05, 0) is 32.3 Å². The molecule has 2 aliphatic rings. The number of rotatable bonds is 6. The number of nitrogens with one attached hydrogen (secondary N) is 3. The van der Waals surface area contributed by atoms with Gasteiger partial charge in [0, 0.05) is 31.7 Å². The molecule has 4 heterocycles. The van der Waals surface area contributed by atoms with E-state index in [0.717, 1.165) is 57.1 Å². The lowest BCUT2D eigenvalue weighted by Crippen LogP contribution is -2.51. The van der Waals surface area contributed by atoms with Crippen LogP contribution in [-0.2, 0) is 14.4 Å². The molecule has 0 bridgehead atoms. The van der Waals surface area contributed by atoms with Crippen LogP contribution in [0.5, 0.6) is 0 Å². The molecule has 0 radical (unpaired) electrons. The first-order valence-corrected chi connectivity index (χ1v) is 13.1. The number of aromatic nitrogens is 2. The Kier molecular flexibility index (Phi) is 6.50. The third-order valence-corrected chi connectivity index (χ3v) is 8.08. The van der Waals surface area contributed by atoms with Gasteiger partial charge in [-0.2, -0.15) is 0 Å². The van der Waals surface area contributed by atoms with Crippen LogP contribution in [0.3, 0.4) is 0 Å². The second-order valence-corrected chi connectivity index (χ2v) is 10.6. The van der Waals surface area contributed by atoms with E-state index in [4.69, 9.17) is 4.98 Å². The molecular formula is C22H27N7O3S2. The van der Waals surface area contributed by atoms with E-state index < -0.39 is 0 Å². The molecule has 12 heteroatoms. The van der Waals surface area contributed by atoms with Crippen molar-refractivity contribution < 1.29 is 14.4 Å². The van der Waals surface area contributed by atoms with Crippen molar-refractivity contribution in [2.45, 2.75) is 26.2 Å². The average Bonchev–Trinajstić information content (AvgIpc) is 3.46. The van der Waals surface area contributed by atoms with Gasteiger partial charge < -0.3 is 25.8 Å². The van der Waals surface area contributed by atoms with Gasteiger partial charge in [-0.3, -0.25) is 14.4 Å². The van der Waals surface area contributed by atoms with Crippen LogP contribution in [0.15, 0.2) is 6.07 Å². The van der Waals surface area contributed by atoms with Gasteiger partial charge in [0.15, 0.2) is 10.3 Å². The van der Waals surface area contributed by atoms with Crippen LogP contribution in [0, 0.1) is 6.92 Å². The van der Waals surface area contributed by atoms with E-state index in [1.165, 1.54) is 29.1 Å². The van der Waals surface area contributed by atoms with Crippen LogP contribution in [0.25, 0.3) is 20.4 Å². The molecular weight excluding hydrogens is 474 g/mol. The first-order chi connectivity index (χ1) is 16.5. The first kappa shape index (κ1) is 22.8. The van der Waals surface area contributed by atoms with Crippen molar-refractivity contribution in [3.8, 4) is 0 Å². The molecule has 0 unspecified atom stereocenters. The Hall–Kier alpha value is -2.99. The maximum Gasteiger partial charge on any atom is 0.242 e. The van der Waals surface area contributed by atoms with Crippen molar-refractivity contribution in [1.29, 1.82) is 0 Å². The minimum Gasteiger partial charge on any atom is -0.353 e. The molecule has 0 saturated carbocycles. The Labute approximate surface area is 204 Å². The highest BCUT2D eigenvalue weighted by molar-refractivity contribution is 7.24. The van der Waals surface area contributed by atoms with E-state index in [-0.39, 0.29) is 37.4 Å². The number of carbonyl (C=O) groups is 3. The Balaban J connectivity index is 1.25. The number of nitrogens with zero attached hydrogens (tertiary/aromatic N) is 4. The second kappa shape index (κ2) is 9.71. The molecule has 2 saturated heterocycles. The number of piperazine rings is 1. The highest BCUT2D eigenvalue weighted by Gasteiger charge is 2.22. The lowest BCUT2D eigenvalue weighted by atomic mass is 10.1. The largest absolute Gasteiger partial charge is 0.353 e. The number of thiazole rings is 2. The number of anilines is 2. The van der Waals surface area contributed by atoms with Crippen molar-refractivity contribution in [3.05, 3.63) is 11.6 Å². The zero-order valence-electron chi connectivity index (χ0n) is 19.0. The highest BCUT2D eigenvalue weighted by atomic mass is 32.1. The highest BCUT2D eigenvalue weighted by Crippen LogP contribution is 2.36. The molecule has 1 aromatic carbocycles. The van der Waals surface area contributed by atoms with E-state index in [2.05, 4.69) is 27.0 Å². The molecule has 2 aromatic heterocycles. The number of fused-ring (bicyclic) bond motifs is 2. The van der Waals surface area contributed by atoms with Crippen LogP contribution in [0.4, 0.5) is 10.3 Å². The predicted octanol–water partition coefficient (Wildman–Crippen LogP) is 2.01. The maximum atomic E-state index is 12.4. The van der Waals surface area contributed by atoms with Crippen molar-refractivity contribution >= 4 is 71.1 Å². The monoisotopic (exact) mass is 501 g/mol. The number of hydrogen-bond acceptors (Lipinski definition) is 9. The third-order valence-electron chi connectivity index (χ3n) is 6.16. The molecule has 10 nitrogen and oxygen atoms in total. The first-order valence-electron chi connectivity index (χ1n) is 11.5. The van der Waals surface area contributed by atoms with Crippen LogP contribution in [0.1, 0.15) is 24.8 Å². The zero-order chi connectivity index (χ0) is 23.7. The van der Waals surface area contributed by atoms with Crippen molar-refractivity contribution in [3.63, 3.8) is 0 Å². The smallest absolute Gasteiger partial charge is 0.242 e. The summed E-state index contributed by atoms with van der Waals surface area (Å²) in [6.45, 7) is 5.14. The van der Waals surface area contributed by atoms with Gasteiger partial charge in [-0.25, -0.2) is 9.97 Å². The fourth-order valence-corrected chi connectivity index (χ4v) is 6.30. The number of carbonyl (C=O) groups excluding carboxylic acids is 3. The third kappa shape index (κ3) is 4.78. The van der Waals surface area contributed by atoms with Gasteiger partial charge in [0.25, 0.3) is 0 Å². The van der Waals surface area contributed by atoms with Crippen molar-refractivity contribution in [1.82, 2.24) is 25.1 Å². The van der Waals surface area contributed by atoms with Crippen molar-refractivity contribution in [2.24, 2.45) is 0 Å². The standard InChI is InChI=1S/C22H27N7O3S2/c1-13-19-14(33-21(26-19)24-10-17(31)28-6-3-2-4-7-28)9-15-20(13)27-22(34-15)25-11-18(32)29-8-5-23-16(30)12-29/h9H,2-8,10-12H2,1H3,(H,23,30)(H,24,26)(H,25,27).